The van der Waals surface area contributed by atoms with E-state index in [4.69, 9.17) is 5.53 Å². The van der Waals surface area contributed by atoms with E-state index in [1.807, 2.05) is 13.0 Å². The molecule has 0 aromatic rings. The third-order valence-electron chi connectivity index (χ3n) is 2.32. The van der Waals surface area contributed by atoms with Gasteiger partial charge in [0, 0.05) is 11.0 Å². The lowest BCUT2D eigenvalue weighted by atomic mass is 9.90. The second-order valence-electron chi connectivity index (χ2n) is 3.18. The maximum atomic E-state index is 8.35. The van der Waals surface area contributed by atoms with E-state index >= 15 is 0 Å². The Kier molecular flexibility index (Phi) is 5.22. The predicted octanol–water partition coefficient (Wildman–Crippen LogP) is 3.53. The summed E-state index contributed by atoms with van der Waals surface area (Å²) in [4.78, 5) is 2.85. The molecule has 0 saturated heterocycles. The molecule has 0 aromatic heterocycles. The summed E-state index contributed by atoms with van der Waals surface area (Å²) in [5.41, 5.74) is 8.35. The van der Waals surface area contributed by atoms with Gasteiger partial charge < -0.3 is 0 Å². The highest BCUT2D eigenvalue weighted by Crippen LogP contribution is 2.20. The maximum Gasteiger partial charge on any atom is 0.0459 e. The molecule has 0 aliphatic carbocycles. The van der Waals surface area contributed by atoms with Crippen molar-refractivity contribution in [3.05, 3.63) is 23.1 Å². The minimum atomic E-state index is 0.0532. The van der Waals surface area contributed by atoms with Crippen LogP contribution in [0.15, 0.2) is 17.8 Å². The summed E-state index contributed by atoms with van der Waals surface area (Å²) in [6.45, 7) is 9.92. The number of hydrogen-bond acceptors (Lipinski definition) is 1. The summed E-state index contributed by atoms with van der Waals surface area (Å²) < 4.78 is 0. The van der Waals surface area contributed by atoms with E-state index in [-0.39, 0.29) is 12.0 Å². The highest BCUT2D eigenvalue weighted by Gasteiger charge is 2.18. The maximum absolute atomic E-state index is 8.35. The summed E-state index contributed by atoms with van der Waals surface area (Å²) in [5, 5.41) is 3.77. The number of hydrogen-bond donors (Lipinski definition) is 0. The molecule has 0 saturated carbocycles. The lowest BCUT2D eigenvalue weighted by Crippen LogP contribution is -2.21. The second-order valence-corrected chi connectivity index (χ2v) is 3.18. The number of rotatable bonds is 5. The van der Waals surface area contributed by atoms with Crippen molar-refractivity contribution in [2.75, 3.05) is 0 Å². The van der Waals surface area contributed by atoms with Gasteiger partial charge in [-0.2, -0.15) is 0 Å². The molecule has 0 bridgehead atoms. The standard InChI is InChI=1S/C9H17N3/c1-5-7(3)9(11-12-10)8(4)6-2/h5,7-9H,1,6H2,2-4H3/t7-,8-,9-/m0/s1. The minimum absolute atomic E-state index is 0.0532. The molecule has 3 atom stereocenters. The first-order valence-electron chi connectivity index (χ1n) is 4.34. The van der Waals surface area contributed by atoms with Crippen LogP contribution in [0.1, 0.15) is 27.2 Å². The second kappa shape index (κ2) is 5.67. The Balaban J connectivity index is 4.40. The van der Waals surface area contributed by atoms with Crippen LogP contribution in [-0.2, 0) is 0 Å². The topological polar surface area (TPSA) is 48.8 Å². The first kappa shape index (κ1) is 11.1. The molecule has 0 radical (unpaired) electrons. The van der Waals surface area contributed by atoms with Crippen LogP contribution < -0.4 is 0 Å². The van der Waals surface area contributed by atoms with Gasteiger partial charge in [0.25, 0.3) is 0 Å². The van der Waals surface area contributed by atoms with E-state index in [0.29, 0.717) is 5.92 Å². The van der Waals surface area contributed by atoms with Crippen molar-refractivity contribution in [3.8, 4) is 0 Å². The van der Waals surface area contributed by atoms with Crippen LogP contribution in [0.3, 0.4) is 0 Å². The van der Waals surface area contributed by atoms with Gasteiger partial charge in [0.15, 0.2) is 0 Å². The molecule has 0 rings (SSSR count). The average Bonchev–Trinajstić information content (AvgIpc) is 2.11. The normalized spacial score (nSPS) is 17.2. The summed E-state index contributed by atoms with van der Waals surface area (Å²) in [6, 6.07) is 0.0532. The fourth-order valence-corrected chi connectivity index (χ4v) is 1.18. The Bertz CT molecular complexity index is 182. The van der Waals surface area contributed by atoms with Gasteiger partial charge in [-0.1, -0.05) is 38.4 Å². The third kappa shape index (κ3) is 2.97. The average molecular weight is 167 g/mol. The Morgan fingerprint density at radius 2 is 2.17 bits per heavy atom. The van der Waals surface area contributed by atoms with Crippen molar-refractivity contribution < 1.29 is 0 Å². The molecule has 0 amide bonds. The first-order valence-corrected chi connectivity index (χ1v) is 4.34. The molecule has 12 heavy (non-hydrogen) atoms. The Morgan fingerprint density at radius 3 is 2.50 bits per heavy atom. The van der Waals surface area contributed by atoms with E-state index < -0.39 is 0 Å². The van der Waals surface area contributed by atoms with E-state index in [1.54, 1.807) is 0 Å². The summed E-state index contributed by atoms with van der Waals surface area (Å²) in [6.07, 6.45) is 2.87. The Morgan fingerprint density at radius 1 is 1.58 bits per heavy atom. The molecule has 0 aromatic carbocycles. The number of azide groups is 1. The highest BCUT2D eigenvalue weighted by molar-refractivity contribution is 4.88. The van der Waals surface area contributed by atoms with Crippen molar-refractivity contribution in [3.63, 3.8) is 0 Å². The smallest absolute Gasteiger partial charge is 0.0459 e. The largest absolute Gasteiger partial charge is 0.103 e. The van der Waals surface area contributed by atoms with Crippen LogP contribution >= 0.6 is 0 Å². The van der Waals surface area contributed by atoms with Gasteiger partial charge in [-0.25, -0.2) is 0 Å². The lowest BCUT2D eigenvalue weighted by Gasteiger charge is -2.21. The molecule has 0 heterocycles. The fraction of sp³-hybridized carbons (Fsp3) is 0.778. The molecule has 0 fully saturated rings. The fourth-order valence-electron chi connectivity index (χ4n) is 1.18. The van der Waals surface area contributed by atoms with Crippen molar-refractivity contribution in [2.24, 2.45) is 17.0 Å². The van der Waals surface area contributed by atoms with Crippen LogP contribution in [-0.4, -0.2) is 6.04 Å². The van der Waals surface area contributed by atoms with Crippen LogP contribution in [0.2, 0.25) is 0 Å². The molecule has 3 heteroatoms. The van der Waals surface area contributed by atoms with Gasteiger partial charge in [0.2, 0.25) is 0 Å². The minimum Gasteiger partial charge on any atom is -0.103 e. The van der Waals surface area contributed by atoms with E-state index in [9.17, 15) is 0 Å². The van der Waals surface area contributed by atoms with Crippen molar-refractivity contribution >= 4 is 0 Å². The van der Waals surface area contributed by atoms with Gasteiger partial charge >= 0.3 is 0 Å². The van der Waals surface area contributed by atoms with Crippen LogP contribution in [0.4, 0.5) is 0 Å². The zero-order valence-electron chi connectivity index (χ0n) is 8.07. The molecule has 68 valence electrons. The molecule has 0 spiro atoms. The third-order valence-corrected chi connectivity index (χ3v) is 2.32. The molecule has 0 aliphatic heterocycles. The van der Waals surface area contributed by atoms with E-state index in [0.717, 1.165) is 6.42 Å². The molecule has 0 N–H and O–H groups in total. The van der Waals surface area contributed by atoms with Crippen molar-refractivity contribution in [1.29, 1.82) is 0 Å². The van der Waals surface area contributed by atoms with Gasteiger partial charge in [-0.15, -0.1) is 6.58 Å². The SMILES string of the molecule is C=C[C@H](C)[C@H](N=[N+]=[N-])[C@@H](C)CC. The van der Waals surface area contributed by atoms with Gasteiger partial charge in [-0.05, 0) is 17.4 Å². The van der Waals surface area contributed by atoms with Crippen LogP contribution in [0.25, 0.3) is 10.4 Å². The molecule has 3 nitrogen and oxygen atoms in total. The lowest BCUT2D eigenvalue weighted by molar-refractivity contribution is 0.379. The van der Waals surface area contributed by atoms with E-state index in [2.05, 4.69) is 30.5 Å². The zero-order valence-corrected chi connectivity index (χ0v) is 8.07. The zero-order chi connectivity index (χ0) is 9.56. The summed E-state index contributed by atoms with van der Waals surface area (Å²) in [5.74, 6) is 0.685. The molecular formula is C9H17N3. The highest BCUT2D eigenvalue weighted by atomic mass is 15.2. The van der Waals surface area contributed by atoms with Crippen molar-refractivity contribution in [1.82, 2.24) is 0 Å². The van der Waals surface area contributed by atoms with Crippen molar-refractivity contribution in [2.45, 2.75) is 33.2 Å². The van der Waals surface area contributed by atoms with E-state index in [1.165, 1.54) is 0 Å². The molecule has 0 unspecified atom stereocenters. The van der Waals surface area contributed by atoms with Gasteiger partial charge in [-0.3, -0.25) is 0 Å². The summed E-state index contributed by atoms with van der Waals surface area (Å²) in [7, 11) is 0. The van der Waals surface area contributed by atoms with Crippen LogP contribution in [0.5, 0.6) is 0 Å². The number of nitrogens with zero attached hydrogens (tertiary/aromatic N) is 3. The van der Waals surface area contributed by atoms with Gasteiger partial charge in [0.1, 0.15) is 0 Å². The van der Waals surface area contributed by atoms with Crippen LogP contribution in [0, 0.1) is 11.8 Å². The summed E-state index contributed by atoms with van der Waals surface area (Å²) >= 11 is 0. The monoisotopic (exact) mass is 167 g/mol. The quantitative estimate of drug-likeness (QED) is 0.260. The Labute approximate surface area is 74.1 Å². The Hall–Kier alpha value is -0.950. The predicted molar refractivity (Wildman–Crippen MR) is 51.8 cm³/mol. The molecular weight excluding hydrogens is 150 g/mol. The first-order chi connectivity index (χ1) is 5.67. The van der Waals surface area contributed by atoms with Gasteiger partial charge in [0.05, 0.1) is 0 Å². The molecule has 0 aliphatic rings.